The van der Waals surface area contributed by atoms with Crippen molar-refractivity contribution in [3.63, 3.8) is 0 Å². The number of aryl methyl sites for hydroxylation is 1. The first-order valence-electron chi connectivity index (χ1n) is 6.82. The molecule has 0 aromatic heterocycles. The number of benzene rings is 2. The van der Waals surface area contributed by atoms with Crippen LogP contribution >= 0.6 is 11.6 Å². The van der Waals surface area contributed by atoms with Gasteiger partial charge in [-0.25, -0.2) is 4.79 Å². The molecular weight excluding hydrogens is 286 g/mol. The van der Waals surface area contributed by atoms with E-state index in [2.05, 4.69) is 5.32 Å². The van der Waals surface area contributed by atoms with E-state index < -0.39 is 11.5 Å². The predicted octanol–water partition coefficient (Wildman–Crippen LogP) is 4.45. The van der Waals surface area contributed by atoms with Crippen LogP contribution in [-0.4, -0.2) is 11.1 Å². The van der Waals surface area contributed by atoms with Gasteiger partial charge in [0.15, 0.2) is 5.54 Å². The summed E-state index contributed by atoms with van der Waals surface area (Å²) in [7, 11) is 0. The second-order valence-corrected chi connectivity index (χ2v) is 5.50. The summed E-state index contributed by atoms with van der Waals surface area (Å²) in [6, 6.07) is 14.6. The number of rotatable bonds is 5. The van der Waals surface area contributed by atoms with Crippen LogP contribution in [0.2, 0.25) is 5.02 Å². The van der Waals surface area contributed by atoms with Crippen molar-refractivity contribution < 1.29 is 9.90 Å². The van der Waals surface area contributed by atoms with E-state index in [0.717, 1.165) is 16.8 Å². The van der Waals surface area contributed by atoms with Crippen LogP contribution in [0, 0.1) is 6.92 Å². The van der Waals surface area contributed by atoms with Gasteiger partial charge in [0, 0.05) is 10.7 Å². The van der Waals surface area contributed by atoms with Crippen molar-refractivity contribution in [2.45, 2.75) is 25.8 Å². The van der Waals surface area contributed by atoms with Crippen molar-refractivity contribution >= 4 is 23.3 Å². The summed E-state index contributed by atoms with van der Waals surface area (Å²) < 4.78 is 0. The van der Waals surface area contributed by atoms with Gasteiger partial charge in [0.25, 0.3) is 0 Å². The van der Waals surface area contributed by atoms with Crippen molar-refractivity contribution in [3.05, 3.63) is 64.7 Å². The monoisotopic (exact) mass is 303 g/mol. The summed E-state index contributed by atoms with van der Waals surface area (Å²) >= 11 is 5.87. The molecule has 0 fully saturated rings. The van der Waals surface area contributed by atoms with Crippen LogP contribution in [0.15, 0.2) is 48.5 Å². The second-order valence-electron chi connectivity index (χ2n) is 5.06. The lowest BCUT2D eigenvalue weighted by molar-refractivity contribution is -0.142. The van der Waals surface area contributed by atoms with Gasteiger partial charge in [0.05, 0.1) is 0 Å². The average Bonchev–Trinajstić information content (AvgIpc) is 2.47. The molecule has 2 N–H and O–H groups in total. The summed E-state index contributed by atoms with van der Waals surface area (Å²) in [5.74, 6) is -0.899. The first-order chi connectivity index (χ1) is 9.98. The van der Waals surface area contributed by atoms with E-state index in [9.17, 15) is 9.90 Å². The highest BCUT2D eigenvalue weighted by atomic mass is 35.5. The fourth-order valence-corrected chi connectivity index (χ4v) is 2.44. The zero-order valence-electron chi connectivity index (χ0n) is 12.1. The number of carbonyl (C=O) groups is 1. The maximum absolute atomic E-state index is 11.9. The van der Waals surface area contributed by atoms with Crippen LogP contribution in [0.1, 0.15) is 24.5 Å². The third-order valence-corrected chi connectivity index (χ3v) is 3.89. The Hall–Kier alpha value is -2.00. The minimum Gasteiger partial charge on any atom is -0.479 e. The molecule has 1 atom stereocenters. The normalized spacial score (nSPS) is 13.5. The van der Waals surface area contributed by atoms with E-state index >= 15 is 0 Å². The van der Waals surface area contributed by atoms with E-state index in [0.29, 0.717) is 11.4 Å². The molecule has 110 valence electrons. The van der Waals surface area contributed by atoms with Crippen LogP contribution in [0.5, 0.6) is 0 Å². The summed E-state index contributed by atoms with van der Waals surface area (Å²) in [6.07, 6.45) is 0.425. The molecule has 0 aliphatic rings. The number of carboxylic acids is 1. The molecule has 1 unspecified atom stereocenters. The lowest BCUT2D eigenvalue weighted by Gasteiger charge is -2.31. The van der Waals surface area contributed by atoms with Crippen LogP contribution in [0.4, 0.5) is 5.69 Å². The lowest BCUT2D eigenvalue weighted by atomic mass is 9.86. The van der Waals surface area contributed by atoms with Crippen molar-refractivity contribution in [1.29, 1.82) is 0 Å². The molecule has 0 aliphatic heterocycles. The lowest BCUT2D eigenvalue weighted by Crippen LogP contribution is -2.43. The molecule has 2 rings (SSSR count). The number of hydrogen-bond acceptors (Lipinski definition) is 2. The van der Waals surface area contributed by atoms with Crippen molar-refractivity contribution in [3.8, 4) is 0 Å². The minimum absolute atomic E-state index is 0.425. The number of aliphatic carboxylic acids is 1. The number of halogens is 1. The van der Waals surface area contributed by atoms with E-state index in [1.807, 2.05) is 38.1 Å². The highest BCUT2D eigenvalue weighted by Crippen LogP contribution is 2.31. The Morgan fingerprint density at radius 1 is 1.14 bits per heavy atom. The van der Waals surface area contributed by atoms with Gasteiger partial charge in [-0.05, 0) is 43.2 Å². The number of carboxylic acid groups (broad SMARTS) is 1. The van der Waals surface area contributed by atoms with Gasteiger partial charge in [-0.1, -0.05) is 48.4 Å². The van der Waals surface area contributed by atoms with Crippen LogP contribution in [0.25, 0.3) is 0 Å². The Bertz CT molecular complexity index is 622. The Balaban J connectivity index is 2.44. The fraction of sp³-hybridized carbons (Fsp3) is 0.235. The van der Waals surface area contributed by atoms with E-state index in [4.69, 9.17) is 11.6 Å². The van der Waals surface area contributed by atoms with Gasteiger partial charge in [0.2, 0.25) is 0 Å². The van der Waals surface area contributed by atoms with Crippen molar-refractivity contribution in [2.24, 2.45) is 0 Å². The van der Waals surface area contributed by atoms with Gasteiger partial charge < -0.3 is 10.4 Å². The van der Waals surface area contributed by atoms with Crippen molar-refractivity contribution in [1.82, 2.24) is 0 Å². The van der Waals surface area contributed by atoms with Crippen LogP contribution in [0.3, 0.4) is 0 Å². The first-order valence-corrected chi connectivity index (χ1v) is 7.20. The Labute approximate surface area is 129 Å². The van der Waals surface area contributed by atoms with Crippen LogP contribution < -0.4 is 5.32 Å². The smallest absolute Gasteiger partial charge is 0.334 e. The molecule has 0 bridgehead atoms. The third-order valence-electron chi connectivity index (χ3n) is 3.64. The topological polar surface area (TPSA) is 49.3 Å². The van der Waals surface area contributed by atoms with Gasteiger partial charge in [-0.2, -0.15) is 0 Å². The fourth-order valence-electron chi connectivity index (χ4n) is 2.31. The summed E-state index contributed by atoms with van der Waals surface area (Å²) in [6.45, 7) is 3.84. The Kier molecular flexibility index (Phi) is 4.53. The minimum atomic E-state index is -1.15. The van der Waals surface area contributed by atoms with Gasteiger partial charge in [0.1, 0.15) is 0 Å². The van der Waals surface area contributed by atoms with Gasteiger partial charge in [-0.15, -0.1) is 0 Å². The number of hydrogen-bond donors (Lipinski definition) is 2. The quantitative estimate of drug-likeness (QED) is 0.858. The molecule has 0 saturated heterocycles. The molecule has 21 heavy (non-hydrogen) atoms. The van der Waals surface area contributed by atoms with Gasteiger partial charge in [-0.3, -0.25) is 0 Å². The molecule has 0 amide bonds. The zero-order chi connectivity index (χ0) is 15.5. The Morgan fingerprint density at radius 2 is 1.71 bits per heavy atom. The van der Waals surface area contributed by atoms with E-state index in [1.165, 1.54) is 0 Å². The molecule has 0 aliphatic carbocycles. The molecule has 0 heterocycles. The van der Waals surface area contributed by atoms with Crippen LogP contribution in [-0.2, 0) is 10.3 Å². The standard InChI is InChI=1S/C17H18ClNO2/c1-3-17(16(20)21,13-6-4-12(2)5-7-13)19-15-10-8-14(18)9-11-15/h4-11,19H,3H2,1-2H3,(H,20,21). The zero-order valence-corrected chi connectivity index (χ0v) is 12.8. The highest BCUT2D eigenvalue weighted by molar-refractivity contribution is 6.30. The SMILES string of the molecule is CCC(Nc1ccc(Cl)cc1)(C(=O)O)c1ccc(C)cc1. The van der Waals surface area contributed by atoms with E-state index in [-0.39, 0.29) is 0 Å². The first kappa shape index (κ1) is 15.4. The largest absolute Gasteiger partial charge is 0.479 e. The second kappa shape index (κ2) is 6.19. The summed E-state index contributed by atoms with van der Waals surface area (Å²) in [5, 5.41) is 13.5. The predicted molar refractivity (Wildman–Crippen MR) is 85.9 cm³/mol. The maximum Gasteiger partial charge on any atom is 0.334 e. The summed E-state index contributed by atoms with van der Waals surface area (Å²) in [5.41, 5.74) is 1.41. The third kappa shape index (κ3) is 3.19. The average molecular weight is 304 g/mol. The van der Waals surface area contributed by atoms with Crippen molar-refractivity contribution in [2.75, 3.05) is 5.32 Å². The molecule has 4 heteroatoms. The molecule has 2 aromatic rings. The number of nitrogens with one attached hydrogen (secondary N) is 1. The summed E-state index contributed by atoms with van der Waals surface area (Å²) in [4.78, 5) is 11.9. The molecule has 0 radical (unpaired) electrons. The highest BCUT2D eigenvalue weighted by Gasteiger charge is 2.38. The Morgan fingerprint density at radius 3 is 2.19 bits per heavy atom. The molecule has 2 aromatic carbocycles. The molecular formula is C17H18ClNO2. The van der Waals surface area contributed by atoms with E-state index in [1.54, 1.807) is 24.3 Å². The molecule has 3 nitrogen and oxygen atoms in total. The maximum atomic E-state index is 11.9. The number of anilines is 1. The molecule has 0 spiro atoms. The van der Waals surface area contributed by atoms with Gasteiger partial charge >= 0.3 is 5.97 Å². The molecule has 0 saturated carbocycles.